The molecule has 0 aliphatic heterocycles. The maximum atomic E-state index is 3.23. The Labute approximate surface area is 189 Å². The first-order chi connectivity index (χ1) is 10.7. The van der Waals surface area contributed by atoms with Crippen molar-refractivity contribution in [3.8, 4) is 0 Å². The summed E-state index contributed by atoms with van der Waals surface area (Å²) in [6.07, 6.45) is 18.8. The first-order valence-corrected chi connectivity index (χ1v) is 8.75. The molecule has 25 heavy (non-hydrogen) atoms. The van der Waals surface area contributed by atoms with E-state index in [4.69, 9.17) is 0 Å². The summed E-state index contributed by atoms with van der Waals surface area (Å²) in [6, 6.07) is 8.52. The predicted octanol–water partition coefficient (Wildman–Crippen LogP) is -1.57. The average molecular weight is 470 g/mol. The molecule has 0 aromatic heterocycles. The Morgan fingerprint density at radius 2 is 1.64 bits per heavy atom. The molecule has 0 fully saturated rings. The van der Waals surface area contributed by atoms with Gasteiger partial charge in [-0.25, -0.2) is 18.2 Å². The van der Waals surface area contributed by atoms with E-state index in [0.29, 0.717) is 0 Å². The molecule has 0 spiro atoms. The van der Waals surface area contributed by atoms with E-state index in [-0.39, 0.29) is 51.0 Å². The molecule has 2 aliphatic carbocycles. The van der Waals surface area contributed by atoms with Crippen LogP contribution in [0.2, 0.25) is 0 Å². The van der Waals surface area contributed by atoms with Crippen molar-refractivity contribution < 1.29 is 51.0 Å². The Kier molecular flexibility index (Phi) is 22.1. The van der Waals surface area contributed by atoms with Crippen molar-refractivity contribution in [2.45, 2.75) is 46.5 Å². The second-order valence-electron chi connectivity index (χ2n) is 5.35. The molecule has 2 aliphatic rings. The maximum absolute atomic E-state index is 3.23. The van der Waals surface area contributed by atoms with Crippen molar-refractivity contribution in [3.05, 3.63) is 77.4 Å². The van der Waals surface area contributed by atoms with Gasteiger partial charge in [0.2, 0.25) is 0 Å². The number of hydrogen-bond donors (Lipinski definition) is 0. The summed E-state index contributed by atoms with van der Waals surface area (Å²) in [7, 11) is 1.91. The summed E-state index contributed by atoms with van der Waals surface area (Å²) < 4.78 is 0. The van der Waals surface area contributed by atoms with Crippen molar-refractivity contribution in [2.75, 3.05) is 0 Å². The van der Waals surface area contributed by atoms with Crippen molar-refractivity contribution in [1.29, 1.82) is 0 Å². The summed E-state index contributed by atoms with van der Waals surface area (Å²) in [5.74, 6) is 0. The van der Waals surface area contributed by atoms with Gasteiger partial charge in [0, 0.05) is 10.2 Å². The summed E-state index contributed by atoms with van der Waals surface area (Å²) >= 11 is 0. The molecule has 0 atom stereocenters. The summed E-state index contributed by atoms with van der Waals surface area (Å²) in [4.78, 5) is 0. The second kappa shape index (κ2) is 18.6. The van der Waals surface area contributed by atoms with Gasteiger partial charge >= 0.3 is 26.2 Å². The van der Waals surface area contributed by atoms with Crippen LogP contribution < -0.4 is 30.0 Å². The van der Waals surface area contributed by atoms with Gasteiger partial charge in [-0.15, -0.1) is 12.8 Å². The van der Waals surface area contributed by atoms with Crippen LogP contribution in [0.4, 0.5) is 0 Å². The minimum absolute atomic E-state index is 0. The number of hydrogen-bond acceptors (Lipinski definition) is 0. The largest absolute Gasteiger partial charge is 4.00 e. The summed E-state index contributed by atoms with van der Waals surface area (Å²) in [5.41, 5.74) is 4.43. The second-order valence-corrected chi connectivity index (χ2v) is 6.17. The smallest absolute Gasteiger partial charge is 1.00 e. The van der Waals surface area contributed by atoms with E-state index in [9.17, 15) is 0 Å². The molecule has 133 valence electrons. The van der Waals surface area contributed by atoms with Crippen molar-refractivity contribution in [1.82, 2.24) is 0 Å². The number of aryl methyl sites for hydroxylation is 1. The third-order valence-electron chi connectivity index (χ3n) is 3.56. The Morgan fingerprint density at radius 1 is 1.00 bits per heavy atom. The molecule has 0 saturated heterocycles. The van der Waals surface area contributed by atoms with Crippen LogP contribution in [0.1, 0.15) is 45.1 Å². The van der Waals surface area contributed by atoms with Gasteiger partial charge in [-0.1, -0.05) is 61.7 Å². The van der Waals surface area contributed by atoms with Crippen LogP contribution in [0.3, 0.4) is 0 Å². The number of rotatable bonds is 2. The van der Waals surface area contributed by atoms with E-state index < -0.39 is 0 Å². The van der Waals surface area contributed by atoms with Gasteiger partial charge in [0.05, 0.1) is 0 Å². The average Bonchev–Trinajstić information content (AvgIpc) is 3.24. The third-order valence-corrected chi connectivity index (χ3v) is 4.03. The molecular formula is C21H27Cl2SiZr. The molecule has 0 saturated carbocycles. The number of halogens is 2. The SMILES string of the molecule is CCC1=C(CC)C[C-]=C1.Cc1ccc([SiH2])cc1.[C-]1=CC=CC1.[Cl-].[Cl-].[Zr+4]. The fourth-order valence-corrected chi connectivity index (χ4v) is 2.38. The van der Waals surface area contributed by atoms with Gasteiger partial charge in [-0.3, -0.25) is 12.2 Å². The molecule has 1 aromatic rings. The molecule has 4 heteroatoms. The van der Waals surface area contributed by atoms with Crippen LogP contribution in [0.5, 0.6) is 0 Å². The van der Waals surface area contributed by atoms with Crippen LogP contribution in [-0.4, -0.2) is 10.2 Å². The third kappa shape index (κ3) is 13.7. The van der Waals surface area contributed by atoms with Gasteiger partial charge in [0.15, 0.2) is 0 Å². The maximum Gasteiger partial charge on any atom is 4.00 e. The van der Waals surface area contributed by atoms with E-state index in [1.54, 1.807) is 5.57 Å². The fourth-order valence-electron chi connectivity index (χ4n) is 2.15. The van der Waals surface area contributed by atoms with Gasteiger partial charge in [0.1, 0.15) is 0 Å². The normalized spacial score (nSPS) is 12.8. The zero-order valence-corrected chi connectivity index (χ0v) is 20.8. The molecule has 1 radical (unpaired) electrons. The summed E-state index contributed by atoms with van der Waals surface area (Å²) in [5, 5.41) is 1.36. The first-order valence-electron chi connectivity index (χ1n) is 8.05. The zero-order chi connectivity index (χ0) is 16.2. The van der Waals surface area contributed by atoms with Gasteiger partial charge in [0.25, 0.3) is 0 Å². The molecule has 0 bridgehead atoms. The minimum Gasteiger partial charge on any atom is -1.00 e. The van der Waals surface area contributed by atoms with E-state index >= 15 is 0 Å². The molecule has 1 aromatic carbocycles. The molecule has 0 amide bonds. The van der Waals surface area contributed by atoms with Crippen molar-refractivity contribution in [2.24, 2.45) is 0 Å². The van der Waals surface area contributed by atoms with Gasteiger partial charge < -0.3 is 24.8 Å². The Morgan fingerprint density at radius 3 is 1.96 bits per heavy atom. The molecule has 0 heterocycles. The monoisotopic (exact) mass is 467 g/mol. The van der Waals surface area contributed by atoms with E-state index in [1.165, 1.54) is 29.2 Å². The van der Waals surface area contributed by atoms with Crippen molar-refractivity contribution in [3.63, 3.8) is 0 Å². The Hall–Kier alpha value is -0.140. The topological polar surface area (TPSA) is 0 Å². The zero-order valence-electron chi connectivity index (χ0n) is 15.4. The quantitative estimate of drug-likeness (QED) is 0.363. The molecular weight excluding hydrogens is 442 g/mol. The standard InChI is InChI=1S/C9H13.C7H9Si.C5H5.2ClH.Zr/c1-3-8-6-5-7-9(8)4-2;1-6-2-4-7(8)5-3-6;1-2-4-5-3-1;;;/h6H,3-4,7H2,1-2H3;2-5H,8H2,1H3;1-3H,4H2;2*1H;/q-1;;-1;;;+4/p-2. The van der Waals surface area contributed by atoms with E-state index in [2.05, 4.69) is 69.3 Å². The van der Waals surface area contributed by atoms with Crippen LogP contribution in [-0.2, 0) is 26.2 Å². The van der Waals surface area contributed by atoms with Crippen LogP contribution in [0.15, 0.2) is 59.7 Å². The number of allylic oxidation sites excluding steroid dienone is 8. The van der Waals surface area contributed by atoms with Crippen LogP contribution >= 0.6 is 0 Å². The first kappa shape index (κ1) is 29.6. The minimum atomic E-state index is 0. The predicted molar refractivity (Wildman–Crippen MR) is 101 cm³/mol. The molecule has 3 rings (SSSR count). The van der Waals surface area contributed by atoms with E-state index in [0.717, 1.165) is 12.8 Å². The fraction of sp³-hybridized carbons (Fsp3) is 0.333. The molecule has 0 N–H and O–H groups in total. The van der Waals surface area contributed by atoms with Crippen molar-refractivity contribution >= 4 is 15.4 Å². The Balaban J connectivity index is -0.000000282. The van der Waals surface area contributed by atoms with Crippen LogP contribution in [0, 0.1) is 19.1 Å². The van der Waals surface area contributed by atoms with E-state index in [1.807, 2.05) is 22.4 Å². The van der Waals surface area contributed by atoms with Gasteiger partial charge in [-0.05, 0) is 6.92 Å². The number of benzene rings is 1. The van der Waals surface area contributed by atoms with Crippen LogP contribution in [0.25, 0.3) is 0 Å². The Bertz CT molecular complexity index is 527. The van der Waals surface area contributed by atoms with Gasteiger partial charge in [-0.2, -0.15) is 17.2 Å². The molecule has 0 unspecified atom stereocenters. The summed E-state index contributed by atoms with van der Waals surface area (Å²) in [6.45, 7) is 6.52. The molecule has 0 nitrogen and oxygen atoms in total.